The van der Waals surface area contributed by atoms with E-state index < -0.39 is 0 Å². The second-order valence-corrected chi connectivity index (χ2v) is 3.50. The summed E-state index contributed by atoms with van der Waals surface area (Å²) in [5.41, 5.74) is 3.07. The summed E-state index contributed by atoms with van der Waals surface area (Å²) in [6.45, 7) is 2.04. The van der Waals surface area contributed by atoms with E-state index in [4.69, 9.17) is 0 Å². The van der Waals surface area contributed by atoms with Gasteiger partial charge in [0.05, 0.1) is 17.2 Å². The Morgan fingerprint density at radius 3 is 2.92 bits per heavy atom. The molecule has 0 fully saturated rings. The lowest BCUT2D eigenvalue weighted by Gasteiger charge is -1.97. The van der Waals surface area contributed by atoms with E-state index in [9.17, 15) is 0 Å². The summed E-state index contributed by atoms with van der Waals surface area (Å²) < 4.78 is 0.778. The molecule has 0 unspecified atom stereocenters. The van der Waals surface area contributed by atoms with Crippen molar-refractivity contribution in [1.29, 1.82) is 0 Å². The summed E-state index contributed by atoms with van der Waals surface area (Å²) in [4.78, 5) is 8.50. The molecule has 2 rings (SSSR count). The van der Waals surface area contributed by atoms with Crippen molar-refractivity contribution in [2.24, 2.45) is 0 Å². The Kier molecular flexibility index (Phi) is 1.81. The standard InChI is InChI=1S/C9H7BrN2/c1-6-2-3-7-8(4-6)12-9(10)5-11-7/h2-5H,1H3. The van der Waals surface area contributed by atoms with Crippen LogP contribution in [0.4, 0.5) is 0 Å². The SMILES string of the molecule is Cc1ccc2ncc(Br)nc2c1. The van der Waals surface area contributed by atoms with Crippen molar-refractivity contribution >= 4 is 27.0 Å². The lowest BCUT2D eigenvalue weighted by molar-refractivity contribution is 1.24. The van der Waals surface area contributed by atoms with Crippen LogP contribution in [0.25, 0.3) is 11.0 Å². The number of benzene rings is 1. The largest absolute Gasteiger partial charge is 0.252 e. The molecule has 0 aliphatic rings. The highest BCUT2D eigenvalue weighted by Crippen LogP contribution is 2.13. The molecule has 12 heavy (non-hydrogen) atoms. The van der Waals surface area contributed by atoms with E-state index in [1.54, 1.807) is 6.20 Å². The maximum atomic E-state index is 4.29. The van der Waals surface area contributed by atoms with E-state index >= 15 is 0 Å². The zero-order valence-electron chi connectivity index (χ0n) is 6.58. The van der Waals surface area contributed by atoms with Crippen LogP contribution < -0.4 is 0 Å². The van der Waals surface area contributed by atoms with Gasteiger partial charge in [0.1, 0.15) is 4.60 Å². The molecular weight excluding hydrogens is 216 g/mol. The predicted octanol–water partition coefficient (Wildman–Crippen LogP) is 2.70. The Morgan fingerprint density at radius 1 is 1.25 bits per heavy atom. The van der Waals surface area contributed by atoms with Crippen LogP contribution in [0.15, 0.2) is 29.0 Å². The van der Waals surface area contributed by atoms with E-state index in [2.05, 4.69) is 25.9 Å². The first-order valence-corrected chi connectivity index (χ1v) is 4.44. The summed E-state index contributed by atoms with van der Waals surface area (Å²) in [5.74, 6) is 0. The molecule has 3 heteroatoms. The highest BCUT2D eigenvalue weighted by atomic mass is 79.9. The summed E-state index contributed by atoms with van der Waals surface area (Å²) in [6, 6.07) is 6.03. The smallest absolute Gasteiger partial charge is 0.125 e. The molecule has 0 bridgehead atoms. The van der Waals surface area contributed by atoms with Gasteiger partial charge in [-0.25, -0.2) is 4.98 Å². The molecule has 0 aliphatic carbocycles. The van der Waals surface area contributed by atoms with Gasteiger partial charge in [-0.3, -0.25) is 4.98 Å². The van der Waals surface area contributed by atoms with Gasteiger partial charge in [0.2, 0.25) is 0 Å². The van der Waals surface area contributed by atoms with Crippen LogP contribution in [-0.4, -0.2) is 9.97 Å². The molecule has 60 valence electrons. The van der Waals surface area contributed by atoms with Gasteiger partial charge in [0.15, 0.2) is 0 Å². The Balaban J connectivity index is 2.80. The molecule has 0 saturated heterocycles. The highest BCUT2D eigenvalue weighted by molar-refractivity contribution is 9.10. The lowest BCUT2D eigenvalue weighted by atomic mass is 10.2. The van der Waals surface area contributed by atoms with Gasteiger partial charge in [-0.15, -0.1) is 0 Å². The average molecular weight is 223 g/mol. The molecule has 2 nitrogen and oxygen atoms in total. The molecule has 0 atom stereocenters. The number of rotatable bonds is 0. The third-order valence-corrected chi connectivity index (χ3v) is 2.05. The van der Waals surface area contributed by atoms with Crippen LogP contribution in [0.1, 0.15) is 5.56 Å². The molecule has 1 heterocycles. The Bertz CT molecular complexity index is 389. The van der Waals surface area contributed by atoms with Crippen LogP contribution in [0.5, 0.6) is 0 Å². The zero-order chi connectivity index (χ0) is 8.55. The molecule has 0 radical (unpaired) electrons. The predicted molar refractivity (Wildman–Crippen MR) is 52.0 cm³/mol. The maximum Gasteiger partial charge on any atom is 0.125 e. The minimum absolute atomic E-state index is 0.778. The fraction of sp³-hybridized carbons (Fsp3) is 0.111. The molecule has 0 aliphatic heterocycles. The third-order valence-electron chi connectivity index (χ3n) is 1.67. The number of nitrogens with zero attached hydrogens (tertiary/aromatic N) is 2. The summed E-state index contributed by atoms with van der Waals surface area (Å²) >= 11 is 3.28. The van der Waals surface area contributed by atoms with Crippen LogP contribution in [0.2, 0.25) is 0 Å². The quantitative estimate of drug-likeness (QED) is 0.686. The maximum absolute atomic E-state index is 4.29. The Hall–Kier alpha value is -0.960. The van der Waals surface area contributed by atoms with Gasteiger partial charge in [-0.2, -0.15) is 0 Å². The lowest BCUT2D eigenvalue weighted by Crippen LogP contribution is -1.84. The van der Waals surface area contributed by atoms with E-state index in [1.807, 2.05) is 25.1 Å². The fourth-order valence-corrected chi connectivity index (χ4v) is 1.39. The number of fused-ring (bicyclic) bond motifs is 1. The van der Waals surface area contributed by atoms with Gasteiger partial charge in [-0.1, -0.05) is 6.07 Å². The monoisotopic (exact) mass is 222 g/mol. The van der Waals surface area contributed by atoms with Gasteiger partial charge in [-0.05, 0) is 40.5 Å². The van der Waals surface area contributed by atoms with Crippen molar-refractivity contribution in [3.8, 4) is 0 Å². The topological polar surface area (TPSA) is 25.8 Å². The van der Waals surface area contributed by atoms with Crippen molar-refractivity contribution in [3.05, 3.63) is 34.6 Å². The number of halogens is 1. The minimum atomic E-state index is 0.778. The first-order chi connectivity index (χ1) is 5.75. The van der Waals surface area contributed by atoms with E-state index in [0.29, 0.717) is 0 Å². The Labute approximate surface area is 78.8 Å². The zero-order valence-corrected chi connectivity index (χ0v) is 8.17. The minimum Gasteiger partial charge on any atom is -0.252 e. The van der Waals surface area contributed by atoms with Crippen LogP contribution in [0.3, 0.4) is 0 Å². The van der Waals surface area contributed by atoms with Crippen molar-refractivity contribution in [2.75, 3.05) is 0 Å². The number of aryl methyl sites for hydroxylation is 1. The first-order valence-electron chi connectivity index (χ1n) is 3.64. The Morgan fingerprint density at radius 2 is 2.08 bits per heavy atom. The van der Waals surface area contributed by atoms with Crippen LogP contribution >= 0.6 is 15.9 Å². The fourth-order valence-electron chi connectivity index (χ4n) is 1.10. The van der Waals surface area contributed by atoms with Gasteiger partial charge in [0, 0.05) is 0 Å². The van der Waals surface area contributed by atoms with Crippen molar-refractivity contribution in [3.63, 3.8) is 0 Å². The van der Waals surface area contributed by atoms with Crippen LogP contribution in [0, 0.1) is 6.92 Å². The summed E-state index contributed by atoms with van der Waals surface area (Å²) in [6.07, 6.45) is 1.71. The molecule has 1 aromatic heterocycles. The molecular formula is C9H7BrN2. The molecule has 1 aromatic carbocycles. The van der Waals surface area contributed by atoms with Crippen molar-refractivity contribution in [2.45, 2.75) is 6.92 Å². The number of aromatic nitrogens is 2. The van der Waals surface area contributed by atoms with Crippen molar-refractivity contribution in [1.82, 2.24) is 9.97 Å². The summed E-state index contributed by atoms with van der Waals surface area (Å²) in [5, 5.41) is 0. The third kappa shape index (κ3) is 1.32. The number of hydrogen-bond donors (Lipinski definition) is 0. The van der Waals surface area contributed by atoms with Crippen molar-refractivity contribution < 1.29 is 0 Å². The molecule has 0 amide bonds. The average Bonchev–Trinajstić information content (AvgIpc) is 2.03. The van der Waals surface area contributed by atoms with Crippen LogP contribution in [-0.2, 0) is 0 Å². The molecule has 0 spiro atoms. The number of hydrogen-bond acceptors (Lipinski definition) is 2. The molecule has 0 saturated carbocycles. The van der Waals surface area contributed by atoms with E-state index in [0.717, 1.165) is 15.6 Å². The second-order valence-electron chi connectivity index (χ2n) is 2.68. The van der Waals surface area contributed by atoms with Gasteiger partial charge in [0.25, 0.3) is 0 Å². The van der Waals surface area contributed by atoms with E-state index in [-0.39, 0.29) is 0 Å². The molecule has 0 N–H and O–H groups in total. The van der Waals surface area contributed by atoms with Gasteiger partial charge < -0.3 is 0 Å². The normalized spacial score (nSPS) is 10.5. The summed E-state index contributed by atoms with van der Waals surface area (Å²) in [7, 11) is 0. The molecule has 2 aromatic rings. The van der Waals surface area contributed by atoms with E-state index in [1.165, 1.54) is 5.56 Å². The first kappa shape index (κ1) is 7.68. The second kappa shape index (κ2) is 2.83. The highest BCUT2D eigenvalue weighted by Gasteiger charge is 1.96. The van der Waals surface area contributed by atoms with Gasteiger partial charge >= 0.3 is 0 Å².